The summed E-state index contributed by atoms with van der Waals surface area (Å²) in [5.41, 5.74) is 3.02. The number of piperazine rings is 1. The molecule has 0 aliphatic carbocycles. The van der Waals surface area contributed by atoms with E-state index in [1.165, 1.54) is 17.7 Å². The molecule has 1 amide bonds. The summed E-state index contributed by atoms with van der Waals surface area (Å²) in [5.74, 6) is 0.336. The SMILES string of the molecule is O=C(c1ccccc1[C@H]1CCNC1)N1CCN(c2ccc(F)cc2)CC1. The summed E-state index contributed by atoms with van der Waals surface area (Å²) in [6.07, 6.45) is 1.09. The standard InChI is InChI=1S/C21H24FN3O/c22-17-5-7-18(8-6-17)24-11-13-25(14-12-24)21(26)20-4-2-1-3-19(20)16-9-10-23-15-16/h1-8,16,23H,9-15H2/t16-/m0/s1. The van der Waals surface area contributed by atoms with E-state index in [9.17, 15) is 9.18 Å². The second-order valence-electron chi connectivity index (χ2n) is 7.03. The van der Waals surface area contributed by atoms with Crippen LogP contribution in [-0.4, -0.2) is 50.1 Å². The maximum Gasteiger partial charge on any atom is 0.254 e. The number of amides is 1. The number of halogens is 1. The van der Waals surface area contributed by atoms with Gasteiger partial charge in [-0.25, -0.2) is 4.39 Å². The lowest BCUT2D eigenvalue weighted by atomic mass is 9.93. The van der Waals surface area contributed by atoms with Crippen molar-refractivity contribution in [3.05, 3.63) is 65.5 Å². The third-order valence-corrected chi connectivity index (χ3v) is 5.45. The van der Waals surface area contributed by atoms with Gasteiger partial charge < -0.3 is 15.1 Å². The molecular formula is C21H24FN3O. The minimum Gasteiger partial charge on any atom is -0.368 e. The van der Waals surface area contributed by atoms with Crippen molar-refractivity contribution in [3.63, 3.8) is 0 Å². The molecule has 4 rings (SSSR count). The van der Waals surface area contributed by atoms with Crippen molar-refractivity contribution in [1.29, 1.82) is 0 Å². The van der Waals surface area contributed by atoms with Crippen LogP contribution >= 0.6 is 0 Å². The van der Waals surface area contributed by atoms with Crippen LogP contribution < -0.4 is 10.2 Å². The van der Waals surface area contributed by atoms with Crippen LogP contribution in [0.5, 0.6) is 0 Å². The number of carbonyl (C=O) groups excluding carboxylic acids is 1. The molecule has 2 aromatic carbocycles. The third-order valence-electron chi connectivity index (χ3n) is 5.45. The molecule has 0 saturated carbocycles. The zero-order valence-electron chi connectivity index (χ0n) is 14.8. The molecule has 2 heterocycles. The van der Waals surface area contributed by atoms with E-state index in [0.29, 0.717) is 19.0 Å². The molecule has 26 heavy (non-hydrogen) atoms. The van der Waals surface area contributed by atoms with Crippen molar-refractivity contribution < 1.29 is 9.18 Å². The van der Waals surface area contributed by atoms with Crippen LogP contribution in [0.1, 0.15) is 28.3 Å². The smallest absolute Gasteiger partial charge is 0.254 e. The van der Waals surface area contributed by atoms with Gasteiger partial charge in [0.05, 0.1) is 0 Å². The van der Waals surface area contributed by atoms with Crippen LogP contribution in [0.2, 0.25) is 0 Å². The summed E-state index contributed by atoms with van der Waals surface area (Å²) in [4.78, 5) is 17.3. The Morgan fingerprint density at radius 2 is 1.73 bits per heavy atom. The van der Waals surface area contributed by atoms with E-state index in [-0.39, 0.29) is 11.7 Å². The second-order valence-corrected chi connectivity index (χ2v) is 7.03. The molecular weight excluding hydrogens is 329 g/mol. The summed E-state index contributed by atoms with van der Waals surface area (Å²) in [5, 5.41) is 3.39. The number of hydrogen-bond acceptors (Lipinski definition) is 3. The van der Waals surface area contributed by atoms with Gasteiger partial charge in [0.1, 0.15) is 5.82 Å². The molecule has 5 heteroatoms. The fraction of sp³-hybridized carbons (Fsp3) is 0.381. The molecule has 0 radical (unpaired) electrons. The number of nitrogens with one attached hydrogen (secondary N) is 1. The van der Waals surface area contributed by atoms with Crippen molar-refractivity contribution in [1.82, 2.24) is 10.2 Å². The van der Waals surface area contributed by atoms with E-state index >= 15 is 0 Å². The predicted molar refractivity (Wildman–Crippen MR) is 101 cm³/mol. The Balaban J connectivity index is 1.45. The van der Waals surface area contributed by atoms with Crippen molar-refractivity contribution in [2.75, 3.05) is 44.2 Å². The molecule has 2 aliphatic rings. The highest BCUT2D eigenvalue weighted by atomic mass is 19.1. The van der Waals surface area contributed by atoms with Crippen LogP contribution in [0.25, 0.3) is 0 Å². The highest BCUT2D eigenvalue weighted by Crippen LogP contribution is 2.27. The Kier molecular flexibility index (Phi) is 4.89. The Morgan fingerprint density at radius 3 is 2.42 bits per heavy atom. The van der Waals surface area contributed by atoms with Gasteiger partial charge in [-0.3, -0.25) is 4.79 Å². The molecule has 1 N–H and O–H groups in total. The summed E-state index contributed by atoms with van der Waals surface area (Å²) in [7, 11) is 0. The van der Waals surface area contributed by atoms with Gasteiger partial charge in [0.25, 0.3) is 5.91 Å². The highest BCUT2D eigenvalue weighted by molar-refractivity contribution is 5.96. The molecule has 2 aromatic rings. The first-order valence-electron chi connectivity index (χ1n) is 9.32. The minimum absolute atomic E-state index is 0.131. The summed E-state index contributed by atoms with van der Waals surface area (Å²) in [6.45, 7) is 4.88. The van der Waals surface area contributed by atoms with E-state index in [0.717, 1.165) is 43.9 Å². The predicted octanol–water partition coefficient (Wildman–Crippen LogP) is 2.87. The van der Waals surface area contributed by atoms with Crippen molar-refractivity contribution in [2.45, 2.75) is 12.3 Å². The molecule has 2 saturated heterocycles. The zero-order valence-corrected chi connectivity index (χ0v) is 14.8. The average molecular weight is 353 g/mol. The Bertz CT molecular complexity index is 763. The Morgan fingerprint density at radius 1 is 1.00 bits per heavy atom. The lowest BCUT2D eigenvalue weighted by molar-refractivity contribution is 0.0745. The van der Waals surface area contributed by atoms with Gasteiger partial charge in [-0.05, 0) is 54.8 Å². The Labute approximate surface area is 153 Å². The molecule has 2 fully saturated rings. The van der Waals surface area contributed by atoms with Gasteiger partial charge in [-0.1, -0.05) is 18.2 Å². The molecule has 0 bridgehead atoms. The summed E-state index contributed by atoms with van der Waals surface area (Å²) in [6, 6.07) is 14.6. The van der Waals surface area contributed by atoms with Crippen molar-refractivity contribution in [3.8, 4) is 0 Å². The van der Waals surface area contributed by atoms with Gasteiger partial charge in [0.2, 0.25) is 0 Å². The molecule has 1 atom stereocenters. The number of rotatable bonds is 3. The topological polar surface area (TPSA) is 35.6 Å². The van der Waals surface area contributed by atoms with Gasteiger partial charge in [-0.15, -0.1) is 0 Å². The van der Waals surface area contributed by atoms with Crippen molar-refractivity contribution in [2.24, 2.45) is 0 Å². The Hall–Kier alpha value is -2.40. The number of anilines is 1. The first-order chi connectivity index (χ1) is 12.7. The van der Waals surface area contributed by atoms with E-state index in [1.54, 1.807) is 12.1 Å². The van der Waals surface area contributed by atoms with E-state index < -0.39 is 0 Å². The maximum atomic E-state index is 13.1. The first-order valence-corrected chi connectivity index (χ1v) is 9.32. The van der Waals surface area contributed by atoms with Gasteiger partial charge in [0.15, 0.2) is 0 Å². The van der Waals surface area contributed by atoms with Crippen LogP contribution in [0.15, 0.2) is 48.5 Å². The second kappa shape index (κ2) is 7.46. The van der Waals surface area contributed by atoms with Crippen LogP contribution in [-0.2, 0) is 0 Å². The molecule has 4 nitrogen and oxygen atoms in total. The molecule has 0 unspecified atom stereocenters. The highest BCUT2D eigenvalue weighted by Gasteiger charge is 2.27. The maximum absolute atomic E-state index is 13.1. The van der Waals surface area contributed by atoms with Crippen LogP contribution in [0.3, 0.4) is 0 Å². The van der Waals surface area contributed by atoms with Gasteiger partial charge >= 0.3 is 0 Å². The largest absolute Gasteiger partial charge is 0.368 e. The normalized spacial score (nSPS) is 20.4. The van der Waals surface area contributed by atoms with E-state index in [2.05, 4.69) is 16.3 Å². The van der Waals surface area contributed by atoms with Gasteiger partial charge in [-0.2, -0.15) is 0 Å². The zero-order chi connectivity index (χ0) is 17.9. The number of nitrogens with zero attached hydrogens (tertiary/aromatic N) is 2. The van der Waals surface area contributed by atoms with E-state index in [1.807, 2.05) is 23.1 Å². The third kappa shape index (κ3) is 3.44. The lowest BCUT2D eigenvalue weighted by Gasteiger charge is -2.36. The lowest BCUT2D eigenvalue weighted by Crippen LogP contribution is -2.49. The van der Waals surface area contributed by atoms with Crippen LogP contribution in [0.4, 0.5) is 10.1 Å². The fourth-order valence-corrected chi connectivity index (χ4v) is 3.96. The quantitative estimate of drug-likeness (QED) is 0.922. The molecule has 0 spiro atoms. The fourth-order valence-electron chi connectivity index (χ4n) is 3.96. The van der Waals surface area contributed by atoms with Crippen LogP contribution in [0, 0.1) is 5.82 Å². The monoisotopic (exact) mass is 353 g/mol. The molecule has 0 aromatic heterocycles. The average Bonchev–Trinajstić information content (AvgIpc) is 3.23. The molecule has 2 aliphatic heterocycles. The van der Waals surface area contributed by atoms with Crippen molar-refractivity contribution >= 4 is 11.6 Å². The summed E-state index contributed by atoms with van der Waals surface area (Å²) < 4.78 is 13.1. The molecule has 136 valence electrons. The summed E-state index contributed by atoms with van der Waals surface area (Å²) >= 11 is 0. The number of benzene rings is 2. The van der Waals surface area contributed by atoms with E-state index in [4.69, 9.17) is 0 Å². The minimum atomic E-state index is -0.222. The van der Waals surface area contributed by atoms with Gasteiger partial charge in [0, 0.05) is 44.0 Å². The first kappa shape index (κ1) is 17.0. The number of carbonyl (C=O) groups is 1. The number of hydrogen-bond donors (Lipinski definition) is 1.